The molecule has 3 heterocycles. The Morgan fingerprint density at radius 3 is 2.27 bits per heavy atom. The van der Waals surface area contributed by atoms with Crippen molar-refractivity contribution in [2.24, 2.45) is 0 Å². The Morgan fingerprint density at radius 1 is 0.977 bits per heavy atom. The molecule has 2 unspecified atom stereocenters. The Bertz CT molecular complexity index is 1650. The van der Waals surface area contributed by atoms with Gasteiger partial charge in [-0.3, -0.25) is 9.59 Å². The SMILES string of the molecule is CC1c2ccccc2OC1CN(C)C(=O)CCc1cnc2c(c1)CCC(=O)N2P(=O)(Oc1ccccc1)Oc1ccccc1. The van der Waals surface area contributed by atoms with Gasteiger partial charge in [0.2, 0.25) is 11.8 Å². The van der Waals surface area contributed by atoms with Gasteiger partial charge in [0.15, 0.2) is 0 Å². The molecule has 226 valence electrons. The summed E-state index contributed by atoms with van der Waals surface area (Å²) in [5, 5.41) is 0. The van der Waals surface area contributed by atoms with Crippen LogP contribution in [-0.4, -0.2) is 41.4 Å². The van der Waals surface area contributed by atoms with Crippen molar-refractivity contribution in [1.82, 2.24) is 9.88 Å². The number of likely N-dealkylation sites (N-methyl/N-ethyl adjacent to an activating group) is 1. The highest BCUT2D eigenvalue weighted by atomic mass is 31.2. The molecule has 44 heavy (non-hydrogen) atoms. The van der Waals surface area contributed by atoms with Gasteiger partial charge in [-0.25, -0.2) is 9.55 Å². The van der Waals surface area contributed by atoms with Crippen LogP contribution in [0.4, 0.5) is 5.82 Å². The number of para-hydroxylation sites is 3. The predicted octanol–water partition coefficient (Wildman–Crippen LogP) is 6.58. The smallest absolute Gasteiger partial charge is 0.488 e. The van der Waals surface area contributed by atoms with E-state index in [-0.39, 0.29) is 30.2 Å². The van der Waals surface area contributed by atoms with Crippen molar-refractivity contribution in [3.63, 3.8) is 0 Å². The summed E-state index contributed by atoms with van der Waals surface area (Å²) in [6.45, 7) is 2.61. The van der Waals surface area contributed by atoms with Crippen molar-refractivity contribution in [1.29, 1.82) is 0 Å². The summed E-state index contributed by atoms with van der Waals surface area (Å²) in [7, 11) is -2.48. The van der Waals surface area contributed by atoms with Gasteiger partial charge in [0.1, 0.15) is 29.2 Å². The molecule has 0 bridgehead atoms. The van der Waals surface area contributed by atoms with Crippen LogP contribution in [0, 0.1) is 0 Å². The van der Waals surface area contributed by atoms with Crippen LogP contribution in [0.3, 0.4) is 0 Å². The van der Waals surface area contributed by atoms with E-state index in [1.54, 1.807) is 66.7 Å². The molecule has 2 amide bonds. The van der Waals surface area contributed by atoms with Crippen LogP contribution in [0.1, 0.15) is 42.4 Å². The fraction of sp³-hybridized carbons (Fsp3) is 0.265. The van der Waals surface area contributed by atoms with E-state index >= 15 is 0 Å². The minimum atomic E-state index is -4.28. The van der Waals surface area contributed by atoms with E-state index in [0.717, 1.165) is 21.5 Å². The van der Waals surface area contributed by atoms with Gasteiger partial charge >= 0.3 is 7.75 Å². The third-order valence-corrected chi connectivity index (χ3v) is 9.76. The summed E-state index contributed by atoms with van der Waals surface area (Å²) in [6.07, 6.45) is 2.82. The van der Waals surface area contributed by atoms with Gasteiger partial charge in [-0.2, -0.15) is 4.67 Å². The highest BCUT2D eigenvalue weighted by molar-refractivity contribution is 7.57. The molecule has 6 rings (SSSR count). The fourth-order valence-corrected chi connectivity index (χ4v) is 7.31. The molecule has 0 saturated heterocycles. The number of rotatable bonds is 10. The predicted molar refractivity (Wildman–Crippen MR) is 167 cm³/mol. The molecule has 1 aromatic heterocycles. The average molecular weight is 612 g/mol. The number of nitrogens with zero attached hydrogens (tertiary/aromatic N) is 3. The number of pyridine rings is 1. The first kappa shape index (κ1) is 29.5. The van der Waals surface area contributed by atoms with Crippen molar-refractivity contribution in [2.45, 2.75) is 44.6 Å². The number of hydrogen-bond donors (Lipinski definition) is 0. The monoisotopic (exact) mass is 611 g/mol. The standard InChI is InChI=1S/C34H34N3O6P/c1-24-29-15-9-10-16-30(29)41-31(24)23-36(2)32(38)19-17-25-21-26-18-20-33(39)37(34(26)35-22-25)44(40,42-27-11-5-3-6-12-27)43-28-13-7-4-8-14-28/h3-16,21-22,24,31H,17-20,23H2,1-2H3. The number of anilines is 1. The molecule has 2 aliphatic heterocycles. The van der Waals surface area contributed by atoms with Crippen LogP contribution in [0.2, 0.25) is 0 Å². The summed E-state index contributed by atoms with van der Waals surface area (Å²) < 4.78 is 33.5. The van der Waals surface area contributed by atoms with Gasteiger partial charge in [0.25, 0.3) is 0 Å². The Labute approximate surface area is 257 Å². The molecule has 10 heteroatoms. The largest absolute Gasteiger partial charge is 0.552 e. The summed E-state index contributed by atoms with van der Waals surface area (Å²) in [4.78, 5) is 32.6. The highest BCUT2D eigenvalue weighted by Crippen LogP contribution is 2.55. The van der Waals surface area contributed by atoms with Crippen molar-refractivity contribution in [3.05, 3.63) is 114 Å². The second kappa shape index (κ2) is 12.5. The van der Waals surface area contributed by atoms with Crippen LogP contribution in [0.5, 0.6) is 17.2 Å². The molecule has 0 radical (unpaired) electrons. The average Bonchev–Trinajstić information content (AvgIpc) is 3.35. The number of amides is 2. The van der Waals surface area contributed by atoms with E-state index in [1.165, 1.54) is 5.56 Å². The topological polar surface area (TPSA) is 98.3 Å². The molecule has 2 atom stereocenters. The molecule has 0 saturated carbocycles. The molecule has 9 nitrogen and oxygen atoms in total. The van der Waals surface area contributed by atoms with E-state index in [1.807, 2.05) is 36.4 Å². The van der Waals surface area contributed by atoms with Gasteiger partial charge in [0.05, 0.1) is 6.54 Å². The molecular formula is C34H34N3O6P. The molecule has 0 N–H and O–H groups in total. The Hall–Kier alpha value is -4.62. The first-order valence-electron chi connectivity index (χ1n) is 14.7. The number of carbonyl (C=O) groups excluding carboxylic acids is 2. The summed E-state index contributed by atoms with van der Waals surface area (Å²) in [6, 6.07) is 27.1. The van der Waals surface area contributed by atoms with E-state index in [2.05, 4.69) is 18.0 Å². The molecule has 2 aliphatic rings. The van der Waals surface area contributed by atoms with Gasteiger partial charge in [0, 0.05) is 37.6 Å². The van der Waals surface area contributed by atoms with Crippen molar-refractivity contribution in [2.75, 3.05) is 18.3 Å². The number of aryl methyl sites for hydroxylation is 2. The lowest BCUT2D eigenvalue weighted by atomic mass is 9.97. The molecular weight excluding hydrogens is 577 g/mol. The third-order valence-electron chi connectivity index (χ3n) is 7.97. The van der Waals surface area contributed by atoms with E-state index in [0.29, 0.717) is 37.3 Å². The summed E-state index contributed by atoms with van der Waals surface area (Å²) in [5.41, 5.74) is 2.75. The van der Waals surface area contributed by atoms with Crippen LogP contribution >= 0.6 is 7.75 Å². The maximum absolute atomic E-state index is 14.5. The lowest BCUT2D eigenvalue weighted by Gasteiger charge is -2.33. The number of benzene rings is 3. The molecule has 0 spiro atoms. The van der Waals surface area contributed by atoms with E-state index in [9.17, 15) is 14.2 Å². The van der Waals surface area contributed by atoms with Gasteiger partial charge in [-0.15, -0.1) is 0 Å². The number of ether oxygens (including phenoxy) is 1. The van der Waals surface area contributed by atoms with E-state index in [4.69, 9.17) is 13.8 Å². The van der Waals surface area contributed by atoms with E-state index < -0.39 is 13.7 Å². The molecule has 3 aromatic carbocycles. The minimum absolute atomic E-state index is 0.00306. The molecule has 4 aromatic rings. The first-order chi connectivity index (χ1) is 21.3. The fourth-order valence-electron chi connectivity index (χ4n) is 5.55. The van der Waals surface area contributed by atoms with Crippen molar-refractivity contribution < 1.29 is 27.9 Å². The highest BCUT2D eigenvalue weighted by Gasteiger charge is 2.46. The maximum Gasteiger partial charge on any atom is 0.552 e. The number of fused-ring (bicyclic) bond motifs is 2. The van der Waals surface area contributed by atoms with Gasteiger partial charge < -0.3 is 18.7 Å². The zero-order chi connectivity index (χ0) is 30.7. The minimum Gasteiger partial charge on any atom is -0.488 e. The van der Waals surface area contributed by atoms with Crippen molar-refractivity contribution in [3.8, 4) is 17.2 Å². The summed E-state index contributed by atoms with van der Waals surface area (Å²) >= 11 is 0. The second-order valence-electron chi connectivity index (χ2n) is 11.1. The van der Waals surface area contributed by atoms with Gasteiger partial charge in [-0.1, -0.05) is 67.6 Å². The zero-order valence-electron chi connectivity index (χ0n) is 24.7. The van der Waals surface area contributed by atoms with Crippen LogP contribution in [0.15, 0.2) is 97.2 Å². The quantitative estimate of drug-likeness (QED) is 0.187. The Balaban J connectivity index is 1.17. The lowest BCUT2D eigenvalue weighted by Crippen LogP contribution is -2.37. The van der Waals surface area contributed by atoms with Crippen molar-refractivity contribution >= 4 is 25.4 Å². The van der Waals surface area contributed by atoms with Crippen LogP contribution in [-0.2, 0) is 27.0 Å². The first-order valence-corrected chi connectivity index (χ1v) is 16.2. The Morgan fingerprint density at radius 2 is 1.61 bits per heavy atom. The third kappa shape index (κ3) is 6.19. The van der Waals surface area contributed by atoms with Gasteiger partial charge in [-0.05, 0) is 54.3 Å². The normalized spacial score (nSPS) is 17.3. The maximum atomic E-state index is 14.5. The second-order valence-corrected chi connectivity index (χ2v) is 12.8. The Kier molecular flexibility index (Phi) is 8.40. The number of carbonyl (C=O) groups is 2. The van der Waals surface area contributed by atoms with Crippen LogP contribution < -0.4 is 18.5 Å². The van der Waals surface area contributed by atoms with Crippen LogP contribution in [0.25, 0.3) is 0 Å². The molecule has 0 fully saturated rings. The number of aromatic nitrogens is 1. The lowest BCUT2D eigenvalue weighted by molar-refractivity contribution is -0.130. The number of hydrogen-bond acceptors (Lipinski definition) is 7. The summed E-state index contributed by atoms with van der Waals surface area (Å²) in [5.74, 6) is 1.50. The molecule has 0 aliphatic carbocycles. The zero-order valence-corrected chi connectivity index (χ0v) is 25.6.